The molecule has 2 atom stereocenters. The van der Waals surface area contributed by atoms with Gasteiger partial charge in [0.1, 0.15) is 6.04 Å². The van der Waals surface area contributed by atoms with Crippen LogP contribution < -0.4 is 14.4 Å². The number of fused-ring (bicyclic) bond motifs is 2. The van der Waals surface area contributed by atoms with E-state index in [1.165, 1.54) is 0 Å². The third kappa shape index (κ3) is 2.51. The van der Waals surface area contributed by atoms with Crippen molar-refractivity contribution in [1.82, 2.24) is 4.90 Å². The lowest BCUT2D eigenvalue weighted by Gasteiger charge is -2.49. The molecule has 6 rings (SSSR count). The molecule has 0 N–H and O–H groups in total. The summed E-state index contributed by atoms with van der Waals surface area (Å²) in [6, 6.07) is 18.2. The molecule has 0 radical (unpaired) electrons. The highest BCUT2D eigenvalue weighted by Crippen LogP contribution is 2.46. The van der Waals surface area contributed by atoms with Gasteiger partial charge in [0, 0.05) is 5.69 Å². The molecule has 3 aliphatic heterocycles. The molecule has 1 fully saturated rings. The van der Waals surface area contributed by atoms with Gasteiger partial charge in [-0.15, -0.1) is 0 Å². The molecule has 7 nitrogen and oxygen atoms in total. The van der Waals surface area contributed by atoms with Crippen LogP contribution in [-0.2, 0) is 4.79 Å². The van der Waals surface area contributed by atoms with Gasteiger partial charge in [0.25, 0.3) is 17.7 Å². The molecule has 3 aromatic rings. The van der Waals surface area contributed by atoms with Crippen LogP contribution >= 0.6 is 0 Å². The fraction of sp³-hybridized carbons (Fsp3) is 0.160. The normalized spacial score (nSPS) is 21.1. The molecule has 0 aliphatic carbocycles. The van der Waals surface area contributed by atoms with Crippen LogP contribution in [0.3, 0.4) is 0 Å². The largest absolute Gasteiger partial charge is 0.454 e. The lowest BCUT2D eigenvalue weighted by atomic mass is 9.86. The summed E-state index contributed by atoms with van der Waals surface area (Å²) in [5.74, 6) is 0.00732. The zero-order valence-electron chi connectivity index (χ0n) is 17.1. The lowest BCUT2D eigenvalue weighted by molar-refractivity contribution is -0.130. The van der Waals surface area contributed by atoms with E-state index in [-0.39, 0.29) is 12.7 Å². The molecule has 158 valence electrons. The first-order chi connectivity index (χ1) is 15.5. The number of ether oxygens (including phenoxy) is 2. The minimum absolute atomic E-state index is 0.131. The molecule has 7 heteroatoms. The first-order valence-electron chi connectivity index (χ1n) is 10.3. The molecule has 3 aliphatic rings. The average molecular weight is 426 g/mol. The molecule has 0 unspecified atom stereocenters. The van der Waals surface area contributed by atoms with Crippen LogP contribution in [0.2, 0.25) is 0 Å². The van der Waals surface area contributed by atoms with Crippen LogP contribution in [0.4, 0.5) is 5.69 Å². The second kappa shape index (κ2) is 6.68. The number of amides is 3. The van der Waals surface area contributed by atoms with Crippen LogP contribution in [0.25, 0.3) is 0 Å². The number of carbonyl (C=O) groups excluding carboxylic acids is 3. The van der Waals surface area contributed by atoms with Crippen molar-refractivity contribution in [3.63, 3.8) is 0 Å². The summed E-state index contributed by atoms with van der Waals surface area (Å²) >= 11 is 0. The van der Waals surface area contributed by atoms with Crippen molar-refractivity contribution in [2.75, 3.05) is 11.7 Å². The van der Waals surface area contributed by atoms with Crippen LogP contribution in [0.1, 0.15) is 37.9 Å². The number of imide groups is 1. The fourth-order valence-corrected chi connectivity index (χ4v) is 4.61. The number of carbonyl (C=O) groups is 3. The van der Waals surface area contributed by atoms with E-state index in [1.54, 1.807) is 35.2 Å². The Morgan fingerprint density at radius 2 is 1.41 bits per heavy atom. The Morgan fingerprint density at radius 3 is 2.09 bits per heavy atom. The van der Waals surface area contributed by atoms with Gasteiger partial charge in [0.15, 0.2) is 11.5 Å². The molecule has 0 bridgehead atoms. The standard InChI is InChI=1S/C25H18N2O5/c1-14-6-9-16(10-7-14)26-21(15-8-11-19-20(12-15)32-13-31-19)22(25(26)30)27-23(28)17-4-2-3-5-18(17)24(27)29/h2-12,21-22H,13H2,1H3/t21-,22+/m1/s1. The summed E-state index contributed by atoms with van der Waals surface area (Å²) < 4.78 is 10.9. The second-order valence-electron chi connectivity index (χ2n) is 8.07. The second-order valence-corrected chi connectivity index (χ2v) is 8.07. The number of nitrogens with zero attached hydrogens (tertiary/aromatic N) is 2. The highest BCUT2D eigenvalue weighted by molar-refractivity contribution is 6.24. The highest BCUT2D eigenvalue weighted by atomic mass is 16.7. The Balaban J connectivity index is 1.45. The zero-order valence-corrected chi connectivity index (χ0v) is 17.1. The minimum Gasteiger partial charge on any atom is -0.454 e. The van der Waals surface area contributed by atoms with Gasteiger partial charge in [0.2, 0.25) is 6.79 Å². The van der Waals surface area contributed by atoms with Gasteiger partial charge in [-0.25, -0.2) is 0 Å². The first kappa shape index (κ1) is 18.6. The Labute approximate surface area is 183 Å². The maximum Gasteiger partial charge on any atom is 0.262 e. The van der Waals surface area contributed by atoms with E-state index in [1.807, 2.05) is 43.3 Å². The monoisotopic (exact) mass is 426 g/mol. The van der Waals surface area contributed by atoms with Crippen molar-refractivity contribution in [1.29, 1.82) is 0 Å². The van der Waals surface area contributed by atoms with E-state index in [0.717, 1.165) is 16.0 Å². The van der Waals surface area contributed by atoms with Gasteiger partial charge in [0.05, 0.1) is 17.2 Å². The summed E-state index contributed by atoms with van der Waals surface area (Å²) in [5.41, 5.74) is 3.18. The number of benzene rings is 3. The molecule has 3 aromatic carbocycles. The van der Waals surface area contributed by atoms with E-state index in [0.29, 0.717) is 28.3 Å². The Bertz CT molecular complexity index is 1260. The number of aryl methyl sites for hydroxylation is 1. The maximum absolute atomic E-state index is 13.4. The van der Waals surface area contributed by atoms with Crippen molar-refractivity contribution in [2.24, 2.45) is 0 Å². The van der Waals surface area contributed by atoms with Gasteiger partial charge in [-0.3, -0.25) is 19.3 Å². The summed E-state index contributed by atoms with van der Waals surface area (Å²) in [5, 5.41) is 0. The van der Waals surface area contributed by atoms with Gasteiger partial charge in [-0.05, 0) is 48.9 Å². The van der Waals surface area contributed by atoms with E-state index < -0.39 is 23.9 Å². The van der Waals surface area contributed by atoms with Crippen LogP contribution in [0, 0.1) is 6.92 Å². The van der Waals surface area contributed by atoms with E-state index in [4.69, 9.17) is 9.47 Å². The van der Waals surface area contributed by atoms with Crippen LogP contribution in [-0.4, -0.2) is 35.5 Å². The Kier molecular flexibility index (Phi) is 3.89. The average Bonchev–Trinajstić information content (AvgIpc) is 3.37. The number of hydrogen-bond donors (Lipinski definition) is 0. The molecule has 3 amide bonds. The van der Waals surface area contributed by atoms with Gasteiger partial charge in [-0.1, -0.05) is 35.9 Å². The molecule has 3 heterocycles. The molecule has 1 saturated heterocycles. The number of β-lactam (4-membered cyclic amide) rings is 1. The van der Waals surface area contributed by atoms with Crippen molar-refractivity contribution in [2.45, 2.75) is 19.0 Å². The molecule has 32 heavy (non-hydrogen) atoms. The molecule has 0 saturated carbocycles. The zero-order chi connectivity index (χ0) is 22.0. The third-order valence-electron chi connectivity index (χ3n) is 6.22. The maximum atomic E-state index is 13.4. The summed E-state index contributed by atoms with van der Waals surface area (Å²) in [4.78, 5) is 42.4. The third-order valence-corrected chi connectivity index (χ3v) is 6.22. The van der Waals surface area contributed by atoms with Crippen molar-refractivity contribution >= 4 is 23.4 Å². The predicted octanol–water partition coefficient (Wildman–Crippen LogP) is 3.48. The van der Waals surface area contributed by atoms with Gasteiger partial charge < -0.3 is 14.4 Å². The van der Waals surface area contributed by atoms with Gasteiger partial charge >= 0.3 is 0 Å². The SMILES string of the molecule is Cc1ccc(N2C(=O)[C@@H](N3C(=O)c4ccccc4C3=O)[C@H]2c2ccc3c(c2)OCO3)cc1. The quantitative estimate of drug-likeness (QED) is 0.474. The van der Waals surface area contributed by atoms with E-state index in [9.17, 15) is 14.4 Å². The van der Waals surface area contributed by atoms with E-state index in [2.05, 4.69) is 0 Å². The summed E-state index contributed by atoms with van der Waals surface area (Å²) in [6.07, 6.45) is 0. The molecule has 0 aromatic heterocycles. The number of anilines is 1. The molecular weight excluding hydrogens is 408 g/mol. The van der Waals surface area contributed by atoms with E-state index >= 15 is 0 Å². The van der Waals surface area contributed by atoms with Crippen LogP contribution in [0.5, 0.6) is 11.5 Å². The first-order valence-corrected chi connectivity index (χ1v) is 10.3. The smallest absolute Gasteiger partial charge is 0.262 e. The predicted molar refractivity (Wildman–Crippen MR) is 115 cm³/mol. The van der Waals surface area contributed by atoms with Crippen molar-refractivity contribution in [3.05, 3.63) is 89.0 Å². The summed E-state index contributed by atoms with van der Waals surface area (Å²) in [7, 11) is 0. The Hall–Kier alpha value is -4.13. The highest BCUT2D eigenvalue weighted by Gasteiger charge is 2.57. The van der Waals surface area contributed by atoms with Gasteiger partial charge in [-0.2, -0.15) is 0 Å². The van der Waals surface area contributed by atoms with Crippen molar-refractivity contribution < 1.29 is 23.9 Å². The molecular formula is C25H18N2O5. The van der Waals surface area contributed by atoms with Crippen LogP contribution in [0.15, 0.2) is 66.7 Å². The molecule has 0 spiro atoms. The number of rotatable bonds is 3. The Morgan fingerprint density at radius 1 is 0.750 bits per heavy atom. The lowest BCUT2D eigenvalue weighted by Crippen LogP contribution is -2.67. The number of hydrogen-bond acceptors (Lipinski definition) is 5. The topological polar surface area (TPSA) is 76.2 Å². The fourth-order valence-electron chi connectivity index (χ4n) is 4.61. The summed E-state index contributed by atoms with van der Waals surface area (Å²) in [6.45, 7) is 2.10. The van der Waals surface area contributed by atoms with Crippen molar-refractivity contribution in [3.8, 4) is 11.5 Å². The minimum atomic E-state index is -0.941.